The summed E-state index contributed by atoms with van der Waals surface area (Å²) in [5.41, 5.74) is 0.688. The van der Waals surface area contributed by atoms with E-state index in [1.54, 1.807) is 16.7 Å². The van der Waals surface area contributed by atoms with Gasteiger partial charge in [0.1, 0.15) is 18.1 Å². The summed E-state index contributed by atoms with van der Waals surface area (Å²) < 4.78 is 7.10. The highest BCUT2D eigenvalue weighted by Crippen LogP contribution is 2.17. The lowest BCUT2D eigenvalue weighted by atomic mass is 10.3. The summed E-state index contributed by atoms with van der Waals surface area (Å²) in [5.74, 6) is -0.290. The van der Waals surface area contributed by atoms with E-state index in [1.165, 1.54) is 18.3 Å². The molecule has 0 fully saturated rings. The first kappa shape index (κ1) is 12.9. The quantitative estimate of drug-likeness (QED) is 0.859. The van der Waals surface area contributed by atoms with Crippen LogP contribution in [0.5, 0.6) is 11.5 Å². The van der Waals surface area contributed by atoms with Crippen molar-refractivity contribution in [2.24, 2.45) is 0 Å². The van der Waals surface area contributed by atoms with Gasteiger partial charge < -0.3 is 19.5 Å². The summed E-state index contributed by atoms with van der Waals surface area (Å²) in [7, 11) is 0. The Hall–Kier alpha value is -2.50. The third-order valence-corrected chi connectivity index (χ3v) is 2.67. The first-order valence-electron chi connectivity index (χ1n) is 5.81. The van der Waals surface area contributed by atoms with Crippen LogP contribution in [0.2, 0.25) is 0 Å². The summed E-state index contributed by atoms with van der Waals surface area (Å²) in [6, 6.07) is 6.32. The third kappa shape index (κ3) is 2.85. The molecule has 0 bridgehead atoms. The van der Waals surface area contributed by atoms with Crippen LogP contribution in [0.15, 0.2) is 30.5 Å². The van der Waals surface area contributed by atoms with Crippen LogP contribution < -0.4 is 4.74 Å². The molecule has 2 aromatic rings. The van der Waals surface area contributed by atoms with Gasteiger partial charge in [-0.05, 0) is 31.2 Å². The van der Waals surface area contributed by atoms with Crippen molar-refractivity contribution in [3.8, 4) is 11.5 Å². The zero-order chi connectivity index (χ0) is 13.8. The molecule has 0 amide bonds. The number of carboxylic acids is 1. The molecular formula is C13H14N2O4. The topological polar surface area (TPSA) is 84.6 Å². The Kier molecular flexibility index (Phi) is 3.70. The molecule has 6 nitrogen and oxygen atoms in total. The van der Waals surface area contributed by atoms with Gasteiger partial charge in [0, 0.05) is 6.54 Å². The van der Waals surface area contributed by atoms with Crippen LogP contribution in [0, 0.1) is 0 Å². The van der Waals surface area contributed by atoms with Gasteiger partial charge in [-0.25, -0.2) is 9.78 Å². The van der Waals surface area contributed by atoms with Crippen molar-refractivity contribution in [1.82, 2.24) is 9.55 Å². The van der Waals surface area contributed by atoms with Gasteiger partial charge in [0.2, 0.25) is 5.82 Å². The Morgan fingerprint density at radius 3 is 2.63 bits per heavy atom. The Morgan fingerprint density at radius 1 is 1.37 bits per heavy atom. The van der Waals surface area contributed by atoms with Crippen LogP contribution in [-0.2, 0) is 13.2 Å². The average Bonchev–Trinajstić information content (AvgIpc) is 2.81. The molecule has 2 rings (SSSR count). The number of benzene rings is 1. The zero-order valence-electron chi connectivity index (χ0n) is 10.4. The smallest absolute Gasteiger partial charge is 0.372 e. The van der Waals surface area contributed by atoms with E-state index in [-0.39, 0.29) is 18.2 Å². The van der Waals surface area contributed by atoms with Crippen LogP contribution in [0.4, 0.5) is 0 Å². The highest BCUT2D eigenvalue weighted by atomic mass is 16.5. The number of imidazole rings is 1. The van der Waals surface area contributed by atoms with Crippen molar-refractivity contribution in [2.75, 3.05) is 0 Å². The molecule has 1 heterocycles. The van der Waals surface area contributed by atoms with Crippen molar-refractivity contribution < 1.29 is 19.7 Å². The number of carbonyl (C=O) groups is 1. The van der Waals surface area contributed by atoms with Gasteiger partial charge >= 0.3 is 5.97 Å². The lowest BCUT2D eigenvalue weighted by Gasteiger charge is -2.09. The summed E-state index contributed by atoms with van der Waals surface area (Å²) in [6.45, 7) is 2.58. The van der Waals surface area contributed by atoms with E-state index in [4.69, 9.17) is 14.9 Å². The second kappa shape index (κ2) is 5.43. The molecule has 0 radical (unpaired) electrons. The van der Waals surface area contributed by atoms with Crippen molar-refractivity contribution in [3.63, 3.8) is 0 Å². The minimum Gasteiger partial charge on any atom is -0.508 e. The normalized spacial score (nSPS) is 10.4. The Balaban J connectivity index is 2.11. The van der Waals surface area contributed by atoms with E-state index in [0.29, 0.717) is 18.0 Å². The fourth-order valence-electron chi connectivity index (χ4n) is 1.75. The number of ether oxygens (including phenoxy) is 1. The summed E-state index contributed by atoms with van der Waals surface area (Å²) in [5, 5.41) is 18.1. The molecule has 2 N–H and O–H groups in total. The minimum absolute atomic E-state index is 0.00630. The second-order valence-electron chi connectivity index (χ2n) is 3.91. The van der Waals surface area contributed by atoms with Crippen molar-refractivity contribution in [2.45, 2.75) is 20.1 Å². The van der Waals surface area contributed by atoms with Gasteiger partial charge in [-0.2, -0.15) is 0 Å². The number of aromatic nitrogens is 2. The molecule has 0 saturated carbocycles. The van der Waals surface area contributed by atoms with E-state index >= 15 is 0 Å². The number of hydrogen-bond donors (Lipinski definition) is 2. The molecule has 0 saturated heterocycles. The predicted octanol–water partition coefficient (Wildman–Crippen LogP) is 1.89. The van der Waals surface area contributed by atoms with Crippen LogP contribution >= 0.6 is 0 Å². The van der Waals surface area contributed by atoms with Crippen LogP contribution in [-0.4, -0.2) is 25.7 Å². The Morgan fingerprint density at radius 2 is 2.05 bits per heavy atom. The molecule has 0 unspecified atom stereocenters. The fourth-order valence-corrected chi connectivity index (χ4v) is 1.75. The van der Waals surface area contributed by atoms with Crippen molar-refractivity contribution in [3.05, 3.63) is 42.0 Å². The van der Waals surface area contributed by atoms with Gasteiger partial charge in [0.15, 0.2) is 0 Å². The van der Waals surface area contributed by atoms with Gasteiger partial charge in [0.05, 0.1) is 11.9 Å². The van der Waals surface area contributed by atoms with E-state index in [9.17, 15) is 4.79 Å². The lowest BCUT2D eigenvalue weighted by Crippen LogP contribution is -2.12. The number of hydrogen-bond acceptors (Lipinski definition) is 4. The molecule has 0 aliphatic carbocycles. The number of phenols is 1. The standard InChI is InChI=1S/C13H14N2O4/c1-2-15-9(7-14-12(15)13(17)18)8-19-11-5-3-10(16)4-6-11/h3-7,16H,2,8H2,1H3,(H,17,18). The Bertz CT molecular complexity index is 575. The molecule has 6 heteroatoms. The number of carboxylic acid groups (broad SMARTS) is 1. The first-order valence-corrected chi connectivity index (χ1v) is 5.81. The van der Waals surface area contributed by atoms with Gasteiger partial charge in [0.25, 0.3) is 0 Å². The molecule has 100 valence electrons. The van der Waals surface area contributed by atoms with Crippen LogP contribution in [0.3, 0.4) is 0 Å². The maximum absolute atomic E-state index is 11.0. The number of aromatic carboxylic acids is 1. The summed E-state index contributed by atoms with van der Waals surface area (Å²) >= 11 is 0. The summed E-state index contributed by atoms with van der Waals surface area (Å²) in [4.78, 5) is 14.8. The van der Waals surface area contributed by atoms with E-state index in [1.807, 2.05) is 6.92 Å². The molecule has 1 aromatic heterocycles. The van der Waals surface area contributed by atoms with Crippen LogP contribution in [0.1, 0.15) is 23.2 Å². The highest BCUT2D eigenvalue weighted by Gasteiger charge is 2.14. The van der Waals surface area contributed by atoms with E-state index < -0.39 is 5.97 Å². The van der Waals surface area contributed by atoms with Gasteiger partial charge in [-0.3, -0.25) is 0 Å². The molecule has 19 heavy (non-hydrogen) atoms. The van der Waals surface area contributed by atoms with Crippen molar-refractivity contribution in [1.29, 1.82) is 0 Å². The zero-order valence-corrected chi connectivity index (χ0v) is 10.4. The number of nitrogens with zero attached hydrogens (tertiary/aromatic N) is 2. The monoisotopic (exact) mass is 262 g/mol. The minimum atomic E-state index is -1.06. The van der Waals surface area contributed by atoms with Crippen molar-refractivity contribution >= 4 is 5.97 Å². The fraction of sp³-hybridized carbons (Fsp3) is 0.231. The molecule has 0 spiro atoms. The summed E-state index contributed by atoms with van der Waals surface area (Å²) in [6.07, 6.45) is 1.49. The van der Waals surface area contributed by atoms with Gasteiger partial charge in [-0.15, -0.1) is 0 Å². The van der Waals surface area contributed by atoms with E-state index in [0.717, 1.165) is 0 Å². The van der Waals surface area contributed by atoms with E-state index in [2.05, 4.69) is 4.98 Å². The maximum Gasteiger partial charge on any atom is 0.372 e. The predicted molar refractivity (Wildman–Crippen MR) is 67.3 cm³/mol. The average molecular weight is 262 g/mol. The Labute approximate surface area is 109 Å². The largest absolute Gasteiger partial charge is 0.508 e. The van der Waals surface area contributed by atoms with Gasteiger partial charge in [-0.1, -0.05) is 0 Å². The molecule has 0 atom stereocenters. The number of rotatable bonds is 5. The van der Waals surface area contributed by atoms with Crippen LogP contribution in [0.25, 0.3) is 0 Å². The molecule has 1 aromatic carbocycles. The number of aromatic hydroxyl groups is 1. The lowest BCUT2D eigenvalue weighted by molar-refractivity contribution is 0.0677. The highest BCUT2D eigenvalue weighted by molar-refractivity contribution is 5.83. The molecule has 0 aliphatic heterocycles. The SMILES string of the molecule is CCn1c(COc2ccc(O)cc2)cnc1C(=O)O. The third-order valence-electron chi connectivity index (χ3n) is 2.67. The maximum atomic E-state index is 11.0. The second-order valence-corrected chi connectivity index (χ2v) is 3.91. The number of phenolic OH excluding ortho intramolecular Hbond substituents is 1. The molecular weight excluding hydrogens is 248 g/mol. The molecule has 0 aliphatic rings. The first-order chi connectivity index (χ1) is 9.11.